The lowest BCUT2D eigenvalue weighted by Crippen LogP contribution is -1.90. The van der Waals surface area contributed by atoms with E-state index >= 15 is 0 Å². The van der Waals surface area contributed by atoms with Crippen molar-refractivity contribution in [2.24, 2.45) is 0 Å². The van der Waals surface area contributed by atoms with Crippen molar-refractivity contribution < 1.29 is 13.9 Å². The van der Waals surface area contributed by atoms with Crippen LogP contribution in [0, 0.1) is 5.82 Å². The molecule has 2 rings (SSSR count). The van der Waals surface area contributed by atoms with Crippen LogP contribution in [-0.2, 0) is 6.42 Å². The van der Waals surface area contributed by atoms with Gasteiger partial charge in [-0.25, -0.2) is 4.39 Å². The van der Waals surface area contributed by atoms with Crippen molar-refractivity contribution >= 4 is 6.29 Å². The Morgan fingerprint density at radius 3 is 2.72 bits per heavy atom. The van der Waals surface area contributed by atoms with Gasteiger partial charge in [0, 0.05) is 11.6 Å². The predicted molar refractivity (Wildman–Crippen MR) is 67.7 cm³/mol. The summed E-state index contributed by atoms with van der Waals surface area (Å²) >= 11 is 0. The van der Waals surface area contributed by atoms with Crippen molar-refractivity contribution in [1.82, 2.24) is 0 Å². The van der Waals surface area contributed by atoms with E-state index in [-0.39, 0.29) is 5.56 Å². The third kappa shape index (κ3) is 2.94. The van der Waals surface area contributed by atoms with E-state index in [0.717, 1.165) is 12.0 Å². The number of benzene rings is 2. The molecule has 0 amide bonds. The molecule has 0 saturated heterocycles. The summed E-state index contributed by atoms with van der Waals surface area (Å²) in [6, 6.07) is 11.5. The van der Waals surface area contributed by atoms with Gasteiger partial charge < -0.3 is 4.74 Å². The van der Waals surface area contributed by atoms with E-state index in [4.69, 9.17) is 4.74 Å². The molecule has 0 N–H and O–H groups in total. The number of halogens is 1. The van der Waals surface area contributed by atoms with Crippen LogP contribution in [0.1, 0.15) is 22.8 Å². The average molecular weight is 244 g/mol. The van der Waals surface area contributed by atoms with Crippen LogP contribution in [-0.4, -0.2) is 6.29 Å². The lowest BCUT2D eigenvalue weighted by Gasteiger charge is -2.07. The second-order valence-electron chi connectivity index (χ2n) is 3.94. The third-order valence-corrected chi connectivity index (χ3v) is 2.57. The van der Waals surface area contributed by atoms with Gasteiger partial charge in [0.1, 0.15) is 23.6 Å². The summed E-state index contributed by atoms with van der Waals surface area (Å²) in [5.74, 6) is 0.475. The van der Waals surface area contributed by atoms with Gasteiger partial charge in [-0.1, -0.05) is 19.1 Å². The SMILES string of the molecule is CCc1cccc(Oc2cc(F)cc(C=O)c2)c1. The second-order valence-corrected chi connectivity index (χ2v) is 3.94. The lowest BCUT2D eigenvalue weighted by molar-refractivity contribution is 0.112. The van der Waals surface area contributed by atoms with Gasteiger partial charge in [-0.3, -0.25) is 4.79 Å². The Morgan fingerprint density at radius 2 is 2.00 bits per heavy atom. The number of carbonyl (C=O) groups is 1. The molecule has 0 bridgehead atoms. The molecule has 0 aliphatic carbocycles. The molecule has 0 saturated carbocycles. The molecule has 2 aromatic carbocycles. The topological polar surface area (TPSA) is 26.3 Å². The molecule has 2 aromatic rings. The molecule has 0 aliphatic rings. The van der Waals surface area contributed by atoms with Gasteiger partial charge in [-0.05, 0) is 36.2 Å². The minimum Gasteiger partial charge on any atom is -0.457 e. The molecular weight excluding hydrogens is 231 g/mol. The minimum atomic E-state index is -0.485. The van der Waals surface area contributed by atoms with E-state index < -0.39 is 5.82 Å². The molecular formula is C15H13FO2. The van der Waals surface area contributed by atoms with Crippen LogP contribution in [0.3, 0.4) is 0 Å². The first-order valence-electron chi connectivity index (χ1n) is 5.74. The largest absolute Gasteiger partial charge is 0.457 e. The zero-order valence-corrected chi connectivity index (χ0v) is 10.0. The molecule has 92 valence electrons. The maximum Gasteiger partial charge on any atom is 0.150 e. The molecule has 0 atom stereocenters. The van der Waals surface area contributed by atoms with E-state index in [9.17, 15) is 9.18 Å². The summed E-state index contributed by atoms with van der Waals surface area (Å²) in [7, 11) is 0. The van der Waals surface area contributed by atoms with E-state index in [2.05, 4.69) is 0 Å². The van der Waals surface area contributed by atoms with Crippen LogP contribution in [0.2, 0.25) is 0 Å². The molecule has 18 heavy (non-hydrogen) atoms. The van der Waals surface area contributed by atoms with Gasteiger partial charge in [0.2, 0.25) is 0 Å². The Balaban J connectivity index is 2.27. The monoisotopic (exact) mass is 244 g/mol. The number of aldehydes is 1. The first kappa shape index (κ1) is 12.3. The van der Waals surface area contributed by atoms with Crippen molar-refractivity contribution in [1.29, 1.82) is 0 Å². The molecule has 0 aromatic heterocycles. The number of rotatable bonds is 4. The Labute approximate surface area is 105 Å². The van der Waals surface area contributed by atoms with Gasteiger partial charge in [0.05, 0.1) is 0 Å². The Hall–Kier alpha value is -2.16. The van der Waals surface area contributed by atoms with Gasteiger partial charge in [-0.15, -0.1) is 0 Å². The van der Waals surface area contributed by atoms with Crippen LogP contribution >= 0.6 is 0 Å². The molecule has 0 radical (unpaired) electrons. The van der Waals surface area contributed by atoms with Crippen molar-refractivity contribution in [3.8, 4) is 11.5 Å². The fourth-order valence-electron chi connectivity index (χ4n) is 1.68. The quantitative estimate of drug-likeness (QED) is 0.760. The van der Waals surface area contributed by atoms with Gasteiger partial charge >= 0.3 is 0 Å². The van der Waals surface area contributed by atoms with Crippen molar-refractivity contribution in [3.05, 3.63) is 59.4 Å². The molecule has 0 fully saturated rings. The summed E-state index contributed by atoms with van der Waals surface area (Å²) in [5, 5.41) is 0. The fraction of sp³-hybridized carbons (Fsp3) is 0.133. The first-order chi connectivity index (χ1) is 8.71. The maximum atomic E-state index is 13.2. The predicted octanol–water partition coefficient (Wildman–Crippen LogP) is 3.99. The zero-order chi connectivity index (χ0) is 13.0. The Bertz CT molecular complexity index is 564. The highest BCUT2D eigenvalue weighted by Crippen LogP contribution is 2.24. The van der Waals surface area contributed by atoms with E-state index in [0.29, 0.717) is 17.8 Å². The normalized spacial score (nSPS) is 10.1. The van der Waals surface area contributed by atoms with Crippen LogP contribution in [0.4, 0.5) is 4.39 Å². The Morgan fingerprint density at radius 1 is 1.17 bits per heavy atom. The number of hydrogen-bond donors (Lipinski definition) is 0. The summed E-state index contributed by atoms with van der Waals surface area (Å²) in [4.78, 5) is 10.6. The van der Waals surface area contributed by atoms with Crippen LogP contribution in [0.15, 0.2) is 42.5 Å². The van der Waals surface area contributed by atoms with Crippen molar-refractivity contribution in [2.75, 3.05) is 0 Å². The highest BCUT2D eigenvalue weighted by Gasteiger charge is 2.03. The van der Waals surface area contributed by atoms with Crippen molar-refractivity contribution in [2.45, 2.75) is 13.3 Å². The van der Waals surface area contributed by atoms with Gasteiger partial charge in [-0.2, -0.15) is 0 Å². The second kappa shape index (κ2) is 5.45. The van der Waals surface area contributed by atoms with Crippen LogP contribution in [0.25, 0.3) is 0 Å². The number of carbonyl (C=O) groups excluding carboxylic acids is 1. The number of ether oxygens (including phenoxy) is 1. The first-order valence-corrected chi connectivity index (χ1v) is 5.74. The fourth-order valence-corrected chi connectivity index (χ4v) is 1.68. The van der Waals surface area contributed by atoms with E-state index in [1.165, 1.54) is 18.2 Å². The summed E-state index contributed by atoms with van der Waals surface area (Å²) in [5.41, 5.74) is 1.40. The maximum absolute atomic E-state index is 13.2. The highest BCUT2D eigenvalue weighted by molar-refractivity contribution is 5.75. The standard InChI is InChI=1S/C15H13FO2/c1-2-11-4-3-5-14(7-11)18-15-8-12(10-17)6-13(16)9-15/h3-10H,2H2,1H3. The van der Waals surface area contributed by atoms with Gasteiger partial charge in [0.15, 0.2) is 0 Å². The molecule has 3 heteroatoms. The average Bonchev–Trinajstić information content (AvgIpc) is 2.38. The minimum absolute atomic E-state index is 0.261. The van der Waals surface area contributed by atoms with Gasteiger partial charge in [0.25, 0.3) is 0 Å². The highest BCUT2D eigenvalue weighted by atomic mass is 19.1. The van der Waals surface area contributed by atoms with Crippen LogP contribution in [0.5, 0.6) is 11.5 Å². The smallest absolute Gasteiger partial charge is 0.150 e. The summed E-state index contributed by atoms with van der Waals surface area (Å²) in [6.45, 7) is 2.05. The van der Waals surface area contributed by atoms with Crippen molar-refractivity contribution in [3.63, 3.8) is 0 Å². The molecule has 2 nitrogen and oxygen atoms in total. The molecule has 0 spiro atoms. The number of aryl methyl sites for hydroxylation is 1. The van der Waals surface area contributed by atoms with E-state index in [1.54, 1.807) is 6.07 Å². The van der Waals surface area contributed by atoms with Crippen LogP contribution < -0.4 is 4.74 Å². The lowest BCUT2D eigenvalue weighted by atomic mass is 10.1. The molecule has 0 unspecified atom stereocenters. The number of hydrogen-bond acceptors (Lipinski definition) is 2. The molecule has 0 heterocycles. The summed E-state index contributed by atoms with van der Waals surface area (Å²) in [6.07, 6.45) is 1.50. The molecule has 0 aliphatic heterocycles. The zero-order valence-electron chi connectivity index (χ0n) is 10.0. The Kier molecular flexibility index (Phi) is 3.72. The van der Waals surface area contributed by atoms with E-state index in [1.807, 2.05) is 25.1 Å². The third-order valence-electron chi connectivity index (χ3n) is 2.57. The summed E-state index contributed by atoms with van der Waals surface area (Å²) < 4.78 is 18.8.